The third-order valence-electron chi connectivity index (χ3n) is 5.53. The fourth-order valence-electron chi connectivity index (χ4n) is 4.31. The third kappa shape index (κ3) is 2.97. The van der Waals surface area contributed by atoms with E-state index >= 15 is 0 Å². The van der Waals surface area contributed by atoms with E-state index < -0.39 is 0 Å². The lowest BCUT2D eigenvalue weighted by atomic mass is 9.84. The van der Waals surface area contributed by atoms with Crippen LogP contribution in [0.3, 0.4) is 0 Å². The molecule has 0 saturated heterocycles. The van der Waals surface area contributed by atoms with Crippen molar-refractivity contribution in [3.63, 3.8) is 0 Å². The molecule has 1 unspecified atom stereocenters. The lowest BCUT2D eigenvalue weighted by molar-refractivity contribution is -0.118. The van der Waals surface area contributed by atoms with Gasteiger partial charge in [-0.1, -0.05) is 43.2 Å². The van der Waals surface area contributed by atoms with E-state index in [1.165, 1.54) is 19.3 Å². The molecule has 126 valence electrons. The largest absolute Gasteiger partial charge is 0.315 e. The quantitative estimate of drug-likeness (QED) is 0.919. The second-order valence-corrected chi connectivity index (χ2v) is 7.09. The van der Waals surface area contributed by atoms with Gasteiger partial charge in [0.25, 0.3) is 0 Å². The maximum Gasteiger partial charge on any atom is 0.233 e. The minimum atomic E-state index is -0.0524. The molecule has 2 heterocycles. The number of amides is 1. The molecular weight excluding hydrogens is 298 g/mol. The Hall–Kier alpha value is -2.10. The van der Waals surface area contributed by atoms with Crippen molar-refractivity contribution in [3.05, 3.63) is 47.9 Å². The Bertz CT molecular complexity index is 701. The zero-order valence-corrected chi connectivity index (χ0v) is 14.1. The highest BCUT2D eigenvalue weighted by Crippen LogP contribution is 2.38. The van der Waals surface area contributed by atoms with E-state index in [1.807, 2.05) is 24.4 Å². The van der Waals surface area contributed by atoms with Gasteiger partial charge in [-0.25, -0.2) is 4.98 Å². The lowest BCUT2D eigenvalue weighted by Gasteiger charge is -2.24. The number of nitrogens with zero attached hydrogens (tertiary/aromatic N) is 2. The van der Waals surface area contributed by atoms with Gasteiger partial charge in [0.15, 0.2) is 0 Å². The number of imidazole rings is 1. The fourth-order valence-corrected chi connectivity index (χ4v) is 4.31. The zero-order valence-electron chi connectivity index (χ0n) is 14.1. The number of anilines is 1. The molecular formula is C20H25N3O. The average molecular weight is 323 g/mol. The average Bonchev–Trinajstić information content (AvgIpc) is 3.27. The van der Waals surface area contributed by atoms with Crippen LogP contribution in [-0.4, -0.2) is 15.5 Å². The first-order chi connectivity index (χ1) is 11.8. The van der Waals surface area contributed by atoms with Gasteiger partial charge in [0.1, 0.15) is 11.6 Å². The summed E-state index contributed by atoms with van der Waals surface area (Å²) in [6.45, 7) is 0.963. The molecule has 1 saturated carbocycles. The Kier molecular flexibility index (Phi) is 4.37. The minimum Gasteiger partial charge on any atom is -0.315 e. The number of rotatable bonds is 4. The maximum absolute atomic E-state index is 13.1. The number of benzene rings is 1. The van der Waals surface area contributed by atoms with E-state index in [1.54, 1.807) is 0 Å². The molecule has 2 aliphatic rings. The molecule has 4 heteroatoms. The Balaban J connectivity index is 1.58. The van der Waals surface area contributed by atoms with E-state index in [0.717, 1.165) is 49.4 Å². The molecule has 0 spiro atoms. The van der Waals surface area contributed by atoms with Crippen molar-refractivity contribution in [1.82, 2.24) is 9.55 Å². The molecule has 1 fully saturated rings. The van der Waals surface area contributed by atoms with E-state index in [0.29, 0.717) is 5.92 Å². The van der Waals surface area contributed by atoms with Gasteiger partial charge in [-0.3, -0.25) is 4.79 Å². The van der Waals surface area contributed by atoms with E-state index in [-0.39, 0.29) is 11.8 Å². The Labute approximate surface area is 143 Å². The number of fused-ring (bicyclic) bond motifs is 1. The third-order valence-corrected chi connectivity index (χ3v) is 5.53. The summed E-state index contributed by atoms with van der Waals surface area (Å²) >= 11 is 0. The summed E-state index contributed by atoms with van der Waals surface area (Å²) in [6, 6.07) is 10.3. The highest BCUT2D eigenvalue weighted by atomic mass is 16.2. The van der Waals surface area contributed by atoms with Crippen molar-refractivity contribution >= 4 is 11.7 Å². The summed E-state index contributed by atoms with van der Waals surface area (Å²) in [4.78, 5) is 17.6. The number of aromatic nitrogens is 2. The normalized spacial score (nSPS) is 19.0. The molecule has 24 heavy (non-hydrogen) atoms. The molecule has 1 aliphatic heterocycles. The SMILES string of the molecule is O=C(Nc1cnc2n1CCCC2)C(c1ccccc1)C1CCCC1. The van der Waals surface area contributed by atoms with Crippen molar-refractivity contribution < 1.29 is 4.79 Å². The van der Waals surface area contributed by atoms with Gasteiger partial charge < -0.3 is 9.88 Å². The predicted molar refractivity (Wildman–Crippen MR) is 94.9 cm³/mol. The number of carbonyl (C=O) groups is 1. The first-order valence-electron chi connectivity index (χ1n) is 9.23. The summed E-state index contributed by atoms with van der Waals surface area (Å²) in [5.74, 6) is 2.50. The van der Waals surface area contributed by atoms with E-state index in [4.69, 9.17) is 0 Å². The van der Waals surface area contributed by atoms with Crippen molar-refractivity contribution in [2.24, 2.45) is 5.92 Å². The summed E-state index contributed by atoms with van der Waals surface area (Å²) in [7, 11) is 0. The molecule has 0 radical (unpaired) electrons. The summed E-state index contributed by atoms with van der Waals surface area (Å²) in [6.07, 6.45) is 9.98. The highest BCUT2D eigenvalue weighted by molar-refractivity contribution is 5.95. The van der Waals surface area contributed by atoms with Gasteiger partial charge in [0.05, 0.1) is 12.1 Å². The van der Waals surface area contributed by atoms with Crippen LogP contribution < -0.4 is 5.32 Å². The first-order valence-corrected chi connectivity index (χ1v) is 9.23. The van der Waals surface area contributed by atoms with Gasteiger partial charge in [-0.2, -0.15) is 0 Å². The van der Waals surface area contributed by atoms with Crippen molar-refractivity contribution in [1.29, 1.82) is 0 Å². The molecule has 4 nitrogen and oxygen atoms in total. The number of carbonyl (C=O) groups excluding carboxylic acids is 1. The summed E-state index contributed by atoms with van der Waals surface area (Å²) in [5, 5.41) is 3.19. The van der Waals surface area contributed by atoms with Gasteiger partial charge >= 0.3 is 0 Å². The van der Waals surface area contributed by atoms with Gasteiger partial charge in [0, 0.05) is 13.0 Å². The molecule has 1 aromatic heterocycles. The van der Waals surface area contributed by atoms with Crippen LogP contribution in [0, 0.1) is 5.92 Å². The monoisotopic (exact) mass is 323 g/mol. The van der Waals surface area contributed by atoms with Crippen LogP contribution in [0.15, 0.2) is 36.5 Å². The topological polar surface area (TPSA) is 46.9 Å². The van der Waals surface area contributed by atoms with Crippen molar-refractivity contribution in [3.8, 4) is 0 Å². The maximum atomic E-state index is 13.1. The summed E-state index contributed by atoms with van der Waals surface area (Å²) in [5.41, 5.74) is 1.14. The predicted octanol–water partition coefficient (Wildman–Crippen LogP) is 4.13. The molecule has 1 amide bonds. The molecule has 1 N–H and O–H groups in total. The lowest BCUT2D eigenvalue weighted by Crippen LogP contribution is -2.28. The summed E-state index contributed by atoms with van der Waals surface area (Å²) < 4.78 is 2.18. The smallest absolute Gasteiger partial charge is 0.233 e. The molecule has 1 atom stereocenters. The number of nitrogens with one attached hydrogen (secondary N) is 1. The highest BCUT2D eigenvalue weighted by Gasteiger charge is 2.32. The number of aryl methyl sites for hydroxylation is 1. The van der Waals surface area contributed by atoms with Crippen LogP contribution in [0.2, 0.25) is 0 Å². The van der Waals surface area contributed by atoms with E-state index in [2.05, 4.69) is 27.0 Å². The Morgan fingerprint density at radius 1 is 1.12 bits per heavy atom. The molecule has 1 aromatic carbocycles. The zero-order chi connectivity index (χ0) is 16.4. The van der Waals surface area contributed by atoms with Crippen LogP contribution >= 0.6 is 0 Å². The molecule has 4 rings (SSSR count). The number of hydrogen-bond acceptors (Lipinski definition) is 2. The fraction of sp³-hybridized carbons (Fsp3) is 0.500. The van der Waals surface area contributed by atoms with Crippen LogP contribution in [0.4, 0.5) is 5.82 Å². The number of hydrogen-bond donors (Lipinski definition) is 1. The van der Waals surface area contributed by atoms with Gasteiger partial charge in [-0.15, -0.1) is 0 Å². The Morgan fingerprint density at radius 3 is 2.71 bits per heavy atom. The second-order valence-electron chi connectivity index (χ2n) is 7.09. The Morgan fingerprint density at radius 2 is 1.92 bits per heavy atom. The standard InChI is InChI=1S/C20H25N3O/c24-20(22-18-14-21-17-12-6-7-13-23(17)18)19(16-10-4-5-11-16)15-8-2-1-3-9-15/h1-3,8-9,14,16,19H,4-7,10-13H2,(H,22,24). The second kappa shape index (κ2) is 6.80. The van der Waals surface area contributed by atoms with Crippen LogP contribution in [-0.2, 0) is 17.8 Å². The van der Waals surface area contributed by atoms with Crippen LogP contribution in [0.25, 0.3) is 0 Å². The first kappa shape index (κ1) is 15.4. The van der Waals surface area contributed by atoms with Crippen LogP contribution in [0.1, 0.15) is 55.8 Å². The molecule has 0 bridgehead atoms. The minimum absolute atomic E-state index is 0.0524. The van der Waals surface area contributed by atoms with Crippen LogP contribution in [0.5, 0.6) is 0 Å². The van der Waals surface area contributed by atoms with E-state index in [9.17, 15) is 4.79 Å². The van der Waals surface area contributed by atoms with Crippen molar-refractivity contribution in [2.45, 2.75) is 57.4 Å². The molecule has 1 aliphatic carbocycles. The van der Waals surface area contributed by atoms with Gasteiger partial charge in [-0.05, 0) is 37.2 Å². The van der Waals surface area contributed by atoms with Gasteiger partial charge in [0.2, 0.25) is 5.91 Å². The molecule has 2 aromatic rings. The van der Waals surface area contributed by atoms with Crippen molar-refractivity contribution in [2.75, 3.05) is 5.32 Å².